The highest BCUT2D eigenvalue weighted by Crippen LogP contribution is 2.32. The number of hydrogen-bond donors (Lipinski definition) is 9. The van der Waals surface area contributed by atoms with E-state index in [0.717, 1.165) is 12.2 Å². The summed E-state index contributed by atoms with van der Waals surface area (Å²) in [6.45, 7) is 19.3. The molecule has 0 aromatic rings. The highest BCUT2D eigenvalue weighted by Gasteiger charge is 2.40. The Labute approximate surface area is 516 Å². The van der Waals surface area contributed by atoms with Gasteiger partial charge in [0.25, 0.3) is 11.8 Å². The second-order valence-corrected chi connectivity index (χ2v) is 22.5. The largest absolute Gasteiger partial charge is 0.455 e. The van der Waals surface area contributed by atoms with Gasteiger partial charge in [0.1, 0.15) is 12.2 Å². The molecular formula is C64H92N6O18. The fourth-order valence-electron chi connectivity index (χ4n) is 10.2. The molecule has 0 saturated carbocycles. The molecule has 4 rings (SSSR count). The first-order valence-corrected chi connectivity index (χ1v) is 28.9. The van der Waals surface area contributed by atoms with E-state index in [9.17, 15) is 58.8 Å². The second kappa shape index (κ2) is 35.7. The van der Waals surface area contributed by atoms with Gasteiger partial charge in [-0.05, 0) is 77.6 Å². The number of fused-ring (bicyclic) bond motifs is 4. The van der Waals surface area contributed by atoms with E-state index in [4.69, 9.17) is 34.2 Å². The first-order chi connectivity index (χ1) is 41.4. The van der Waals surface area contributed by atoms with Crippen LogP contribution in [0.15, 0.2) is 130 Å². The number of amides is 3. The maximum atomic E-state index is 13.7. The minimum absolute atomic E-state index is 0.0483. The van der Waals surface area contributed by atoms with Crippen LogP contribution in [-0.2, 0) is 62.0 Å². The van der Waals surface area contributed by atoms with E-state index in [2.05, 4.69) is 27.8 Å². The molecule has 0 aromatic carbocycles. The molecule has 2 heterocycles. The van der Waals surface area contributed by atoms with Crippen molar-refractivity contribution in [3.05, 3.63) is 130 Å². The SMILES string of the molecule is C=CCNC1=C2C(=O)C(=CC1=O)NC(=O)/C(C)=C/C=C\[C@H](OC)[C@@H](OC(C)=O)/C(C)=C/[C@H](C)[C@@H](O)[C@@H](OC)C[C@H](C)C2O.CO[C@H]1/C=C\C=C(/C)C(=O)NC2=CC(=O)C(NCCN(C)C)=C(C2=O)C(O)[C@@H](C)C[C@H](OC)[C@H](O)[C@@H](C)/C=C(\C)[C@@H]1OC(N)=O. The summed E-state index contributed by atoms with van der Waals surface area (Å²) in [5, 5.41) is 56.3. The number of ether oxygens (including phenoxy) is 6. The number of carbonyl (C=O) groups is 8. The van der Waals surface area contributed by atoms with Gasteiger partial charge in [0.2, 0.25) is 23.1 Å². The number of Topliss-reactive ketones (excluding diaryl/α,β-unsaturated/α-hetero) is 2. The molecule has 486 valence electrons. The molecule has 0 fully saturated rings. The van der Waals surface area contributed by atoms with Gasteiger partial charge in [0, 0.05) is 90.1 Å². The number of carbonyl (C=O) groups excluding carboxylic acids is 8. The van der Waals surface area contributed by atoms with E-state index in [1.54, 1.807) is 71.9 Å². The number of hydrogen-bond acceptors (Lipinski definition) is 21. The van der Waals surface area contributed by atoms with E-state index in [-0.39, 0.29) is 64.5 Å². The van der Waals surface area contributed by atoms with Gasteiger partial charge >= 0.3 is 12.1 Å². The molecule has 0 aromatic heterocycles. The Morgan fingerprint density at radius 2 is 1.06 bits per heavy atom. The third kappa shape index (κ3) is 20.9. The summed E-state index contributed by atoms with van der Waals surface area (Å²) in [6.07, 6.45) is 5.46. The number of allylic oxidation sites excluding steroid dienone is 8. The van der Waals surface area contributed by atoms with Crippen LogP contribution in [0.1, 0.15) is 75.2 Å². The number of nitrogens with one attached hydrogen (secondary N) is 4. The van der Waals surface area contributed by atoms with E-state index in [0.29, 0.717) is 24.2 Å². The van der Waals surface area contributed by atoms with Gasteiger partial charge in [-0.3, -0.25) is 33.6 Å². The molecule has 88 heavy (non-hydrogen) atoms. The van der Waals surface area contributed by atoms with E-state index in [1.807, 2.05) is 19.0 Å². The standard InChI is InChI=1S/C32H48N4O9.C32H44N2O9/c1-17-10-9-11-23(43-7)30(45-32(33)42)20(4)14-18(2)27(38)24(44-8)15-19(3)28(39)25-26(34-12-13-36(5)6)22(37)16-21(29(25)40)35-31(17)41;1-9-13-33-27-23(36)16-22-30(39)26(27)29(38)19(4)15-25(42-8)28(37)18(3)14-20(5)31(43-21(6)35)24(41-7)12-10-11-17(2)32(40)34-22/h9-11,14,16,18-19,23-24,27-28,30,34,38-39H,12-13,15H2,1-8H3,(H2,33,42)(H,35,41);9-12,14,16,18-19,24-25,28-29,31,33,37-38H,1,13,15H2,2-8H3,(H,34,40)/b11-9-,17-10+,20-14+;12-10-,17-11+,20-14+/t18-,19-,23-,24-,27+,28?,30-;18-,19-,24-,25-,28+,29?,31-/m00/s1. The van der Waals surface area contributed by atoms with Crippen LogP contribution in [0.25, 0.3) is 0 Å². The molecule has 0 radical (unpaired) electrons. The number of esters is 1. The highest BCUT2D eigenvalue weighted by atomic mass is 16.6. The number of aliphatic hydroxyl groups excluding tert-OH is 4. The molecule has 10 N–H and O–H groups in total. The lowest BCUT2D eigenvalue weighted by atomic mass is 9.83. The second-order valence-electron chi connectivity index (χ2n) is 22.5. The number of ketones is 4. The van der Waals surface area contributed by atoms with Crippen molar-refractivity contribution in [3.8, 4) is 0 Å². The van der Waals surface area contributed by atoms with Gasteiger partial charge in [-0.25, -0.2) is 4.79 Å². The first kappa shape index (κ1) is 75.0. The van der Waals surface area contributed by atoms with Crippen molar-refractivity contribution in [3.63, 3.8) is 0 Å². The lowest BCUT2D eigenvalue weighted by Gasteiger charge is -2.32. The third-order valence-electron chi connectivity index (χ3n) is 15.3. The van der Waals surface area contributed by atoms with Crippen LogP contribution in [0.3, 0.4) is 0 Å². The van der Waals surface area contributed by atoms with Gasteiger partial charge in [0.05, 0.1) is 70.6 Å². The van der Waals surface area contributed by atoms with E-state index < -0.39 is 132 Å². The lowest BCUT2D eigenvalue weighted by molar-refractivity contribution is -0.149. The zero-order chi connectivity index (χ0) is 66.4. The summed E-state index contributed by atoms with van der Waals surface area (Å²) in [7, 11) is 9.43. The van der Waals surface area contributed by atoms with Gasteiger partial charge in [0.15, 0.2) is 12.2 Å². The van der Waals surface area contributed by atoms with Crippen LogP contribution >= 0.6 is 0 Å². The number of likely N-dealkylation sites (N-methyl/N-ethyl adjacent to an activating group) is 1. The Kier molecular flexibility index (Phi) is 30.4. The molecule has 2 unspecified atom stereocenters. The van der Waals surface area contributed by atoms with Crippen molar-refractivity contribution in [1.29, 1.82) is 0 Å². The molecule has 0 spiro atoms. The number of primary amides is 1. The maximum absolute atomic E-state index is 13.7. The number of methoxy groups -OCH3 is 4. The average Bonchev–Trinajstić information content (AvgIpc) is 3.46. The van der Waals surface area contributed by atoms with Crippen molar-refractivity contribution < 1.29 is 87.2 Å². The van der Waals surface area contributed by atoms with Crippen molar-refractivity contribution in [2.75, 3.05) is 62.2 Å². The zero-order valence-electron chi connectivity index (χ0n) is 53.2. The summed E-state index contributed by atoms with van der Waals surface area (Å²) in [6, 6.07) is 0. The van der Waals surface area contributed by atoms with Crippen molar-refractivity contribution in [1.82, 2.24) is 26.2 Å². The van der Waals surface area contributed by atoms with Crippen LogP contribution < -0.4 is 27.0 Å². The highest BCUT2D eigenvalue weighted by molar-refractivity contribution is 6.25. The molecule has 2 aliphatic carbocycles. The summed E-state index contributed by atoms with van der Waals surface area (Å²) >= 11 is 0. The minimum Gasteiger partial charge on any atom is -0.455 e. The van der Waals surface area contributed by atoms with Crippen LogP contribution in [0.5, 0.6) is 0 Å². The zero-order valence-corrected chi connectivity index (χ0v) is 53.2. The van der Waals surface area contributed by atoms with Gasteiger partial charge < -0.3 is 80.7 Å². The number of nitrogens with zero attached hydrogens (tertiary/aromatic N) is 1. The summed E-state index contributed by atoms with van der Waals surface area (Å²) in [5.74, 6) is -6.77. The number of rotatable bonds is 13. The quantitative estimate of drug-likeness (QED) is 0.0727. The Morgan fingerprint density at radius 3 is 1.41 bits per heavy atom. The first-order valence-electron chi connectivity index (χ1n) is 28.9. The Hall–Kier alpha value is -7.26. The Balaban J connectivity index is 0.000000461. The Morgan fingerprint density at radius 1 is 0.659 bits per heavy atom. The smallest absolute Gasteiger partial charge is 0.405 e. The molecule has 4 bridgehead atoms. The Bertz CT molecular complexity index is 2890. The fraction of sp³-hybridized carbons (Fsp3) is 0.531. The van der Waals surface area contributed by atoms with Crippen molar-refractivity contribution in [2.24, 2.45) is 29.4 Å². The summed E-state index contributed by atoms with van der Waals surface area (Å²) in [5.41, 5.74) is 5.82. The summed E-state index contributed by atoms with van der Waals surface area (Å²) in [4.78, 5) is 105. The predicted octanol–water partition coefficient (Wildman–Crippen LogP) is 2.86. The topological polar surface area (TPSA) is 350 Å². The molecule has 0 saturated heterocycles. The van der Waals surface area contributed by atoms with E-state index in [1.165, 1.54) is 73.5 Å². The third-order valence-corrected chi connectivity index (χ3v) is 15.3. The molecule has 2 aliphatic heterocycles. The van der Waals surface area contributed by atoms with Crippen LogP contribution in [-0.4, -0.2) is 196 Å². The number of aliphatic hydroxyl groups is 4. The monoisotopic (exact) mass is 1230 g/mol. The maximum Gasteiger partial charge on any atom is 0.405 e. The average molecular weight is 1230 g/mol. The fourth-order valence-corrected chi connectivity index (χ4v) is 10.2. The van der Waals surface area contributed by atoms with Gasteiger partial charge in [-0.15, -0.1) is 6.58 Å². The van der Waals surface area contributed by atoms with Crippen LogP contribution in [0.2, 0.25) is 0 Å². The predicted molar refractivity (Wildman–Crippen MR) is 328 cm³/mol. The normalized spacial score (nSPS) is 32.5. The molecule has 3 amide bonds. The number of nitrogens with two attached hydrogens (primary N) is 1. The minimum atomic E-state index is -1.45. The lowest BCUT2D eigenvalue weighted by Crippen LogP contribution is -2.42. The van der Waals surface area contributed by atoms with E-state index >= 15 is 0 Å². The molecular weight excluding hydrogens is 1140 g/mol. The molecule has 24 heteroatoms. The van der Waals surface area contributed by atoms with Crippen molar-refractivity contribution >= 4 is 47.0 Å². The molecule has 4 aliphatic rings. The van der Waals surface area contributed by atoms with Crippen molar-refractivity contribution in [2.45, 2.75) is 136 Å². The van der Waals surface area contributed by atoms with Gasteiger partial charge in [-0.2, -0.15) is 0 Å². The molecule has 14 atom stereocenters. The van der Waals surface area contributed by atoms with Crippen LogP contribution in [0.4, 0.5) is 4.79 Å². The van der Waals surface area contributed by atoms with Gasteiger partial charge in [-0.1, -0.05) is 82.4 Å². The summed E-state index contributed by atoms with van der Waals surface area (Å²) < 4.78 is 33.3. The van der Waals surface area contributed by atoms with Crippen LogP contribution in [0, 0.1) is 23.7 Å². The molecule has 24 nitrogen and oxygen atoms in total.